The van der Waals surface area contributed by atoms with Crippen molar-refractivity contribution in [1.29, 1.82) is 0 Å². The highest BCUT2D eigenvalue weighted by atomic mass is 16.6. The maximum Gasteiger partial charge on any atom is 0.312 e. The van der Waals surface area contributed by atoms with E-state index in [1.165, 1.54) is 0 Å². The third-order valence-corrected chi connectivity index (χ3v) is 5.19. The molecule has 0 saturated carbocycles. The third-order valence-electron chi connectivity index (χ3n) is 5.19. The molecule has 0 fully saturated rings. The third kappa shape index (κ3) is 8.03. The fourth-order valence-electron chi connectivity index (χ4n) is 3.38. The fraction of sp³-hybridized carbons (Fsp3) is 0.955. The van der Waals surface area contributed by atoms with Crippen LogP contribution in [0.25, 0.3) is 0 Å². The van der Waals surface area contributed by atoms with Crippen molar-refractivity contribution in [2.45, 2.75) is 114 Å². The van der Waals surface area contributed by atoms with Gasteiger partial charge in [-0.05, 0) is 57.8 Å². The van der Waals surface area contributed by atoms with Crippen molar-refractivity contribution in [1.82, 2.24) is 0 Å². The SMILES string of the molecule is CC.CCCC(CCC)C(C)(C)OC(=O)C(C)(CC(C)C)C(C)C. The van der Waals surface area contributed by atoms with E-state index < -0.39 is 5.41 Å². The Morgan fingerprint density at radius 1 is 0.917 bits per heavy atom. The molecule has 0 spiro atoms. The molecule has 1 unspecified atom stereocenters. The van der Waals surface area contributed by atoms with Crippen LogP contribution in [0.2, 0.25) is 0 Å². The quantitative estimate of drug-likeness (QED) is 0.390. The van der Waals surface area contributed by atoms with Crippen molar-refractivity contribution in [3.05, 3.63) is 0 Å². The zero-order chi connectivity index (χ0) is 19.6. The Morgan fingerprint density at radius 3 is 1.62 bits per heavy atom. The van der Waals surface area contributed by atoms with Gasteiger partial charge >= 0.3 is 5.97 Å². The molecular weight excluding hydrogens is 296 g/mol. The monoisotopic (exact) mass is 342 g/mol. The minimum absolute atomic E-state index is 0.0154. The van der Waals surface area contributed by atoms with Gasteiger partial charge in [0.25, 0.3) is 0 Å². The minimum Gasteiger partial charge on any atom is -0.459 e. The van der Waals surface area contributed by atoms with Crippen LogP contribution in [0, 0.1) is 23.2 Å². The summed E-state index contributed by atoms with van der Waals surface area (Å²) in [5, 5.41) is 0. The lowest BCUT2D eigenvalue weighted by Gasteiger charge is -2.40. The van der Waals surface area contributed by atoms with E-state index in [0.29, 0.717) is 11.8 Å². The van der Waals surface area contributed by atoms with Crippen molar-refractivity contribution in [3.8, 4) is 0 Å². The molecule has 0 saturated heterocycles. The standard InChI is InChI=1S/C20H40O2.C2H6/c1-10-12-17(13-11-2)19(7,8)22-18(21)20(9,16(5)6)14-15(3)4;1-2/h15-17H,10-14H2,1-9H3;1-2H3. The van der Waals surface area contributed by atoms with E-state index in [2.05, 4.69) is 62.3 Å². The lowest BCUT2D eigenvalue weighted by molar-refractivity contribution is -0.178. The minimum atomic E-state index is -0.394. The van der Waals surface area contributed by atoms with Crippen molar-refractivity contribution in [3.63, 3.8) is 0 Å². The summed E-state index contributed by atoms with van der Waals surface area (Å²) in [6.45, 7) is 23.3. The molecule has 146 valence electrons. The van der Waals surface area contributed by atoms with E-state index in [4.69, 9.17) is 4.74 Å². The van der Waals surface area contributed by atoms with E-state index in [-0.39, 0.29) is 17.5 Å². The summed E-state index contributed by atoms with van der Waals surface area (Å²) >= 11 is 0. The predicted octanol–water partition coefficient (Wildman–Crippen LogP) is 7.26. The van der Waals surface area contributed by atoms with E-state index in [0.717, 1.165) is 32.1 Å². The van der Waals surface area contributed by atoms with Crippen molar-refractivity contribution in [2.24, 2.45) is 23.2 Å². The Hall–Kier alpha value is -0.530. The average molecular weight is 343 g/mol. The van der Waals surface area contributed by atoms with Gasteiger partial charge in [-0.25, -0.2) is 0 Å². The van der Waals surface area contributed by atoms with Crippen LogP contribution in [0.4, 0.5) is 0 Å². The number of ether oxygens (including phenoxy) is 1. The van der Waals surface area contributed by atoms with Gasteiger partial charge in [0.1, 0.15) is 5.60 Å². The summed E-state index contributed by atoms with van der Waals surface area (Å²) in [4.78, 5) is 12.9. The lowest BCUT2D eigenvalue weighted by Crippen LogP contribution is -2.44. The molecule has 1 atom stereocenters. The molecule has 0 aromatic rings. The summed E-state index contributed by atoms with van der Waals surface area (Å²) in [6.07, 6.45) is 5.40. The molecule has 0 heterocycles. The van der Waals surface area contributed by atoms with Crippen LogP contribution < -0.4 is 0 Å². The maximum atomic E-state index is 12.9. The van der Waals surface area contributed by atoms with Crippen LogP contribution in [0.1, 0.15) is 108 Å². The average Bonchev–Trinajstić information content (AvgIpc) is 2.47. The Labute approximate surface area is 153 Å². The first kappa shape index (κ1) is 25.7. The van der Waals surface area contributed by atoms with E-state index in [1.807, 2.05) is 13.8 Å². The topological polar surface area (TPSA) is 26.3 Å². The molecule has 24 heavy (non-hydrogen) atoms. The highest BCUT2D eigenvalue weighted by Gasteiger charge is 2.42. The molecule has 0 aromatic heterocycles. The Kier molecular flexibility index (Phi) is 12.8. The number of hydrogen-bond acceptors (Lipinski definition) is 2. The van der Waals surface area contributed by atoms with Gasteiger partial charge in [0.05, 0.1) is 5.41 Å². The molecule has 0 aliphatic rings. The maximum absolute atomic E-state index is 12.9. The van der Waals surface area contributed by atoms with Gasteiger partial charge in [0.15, 0.2) is 0 Å². The van der Waals surface area contributed by atoms with Crippen LogP contribution in [-0.2, 0) is 9.53 Å². The predicted molar refractivity (Wildman–Crippen MR) is 107 cm³/mol. The second-order valence-electron chi connectivity index (χ2n) is 8.44. The zero-order valence-electron chi connectivity index (χ0n) is 18.6. The Bertz CT molecular complexity index is 325. The van der Waals surface area contributed by atoms with Crippen LogP contribution in [-0.4, -0.2) is 11.6 Å². The molecule has 0 bridgehead atoms. The van der Waals surface area contributed by atoms with Gasteiger partial charge in [-0.3, -0.25) is 4.79 Å². The van der Waals surface area contributed by atoms with E-state index >= 15 is 0 Å². The number of carbonyl (C=O) groups is 1. The van der Waals surface area contributed by atoms with Gasteiger partial charge in [-0.1, -0.05) is 68.2 Å². The van der Waals surface area contributed by atoms with E-state index in [1.54, 1.807) is 0 Å². The first-order valence-corrected chi connectivity index (χ1v) is 10.2. The molecule has 2 nitrogen and oxygen atoms in total. The molecule has 0 amide bonds. The second-order valence-corrected chi connectivity index (χ2v) is 8.44. The molecule has 2 heteroatoms. The van der Waals surface area contributed by atoms with Crippen LogP contribution in [0.5, 0.6) is 0 Å². The summed E-state index contributed by atoms with van der Waals surface area (Å²) < 4.78 is 6.09. The molecule has 0 aliphatic heterocycles. The van der Waals surface area contributed by atoms with Crippen molar-refractivity contribution in [2.75, 3.05) is 0 Å². The lowest BCUT2D eigenvalue weighted by atomic mass is 9.73. The van der Waals surface area contributed by atoms with Gasteiger partial charge in [0, 0.05) is 0 Å². The van der Waals surface area contributed by atoms with Gasteiger partial charge in [0.2, 0.25) is 0 Å². The number of rotatable bonds is 10. The highest BCUT2D eigenvalue weighted by molar-refractivity contribution is 5.77. The summed E-state index contributed by atoms with van der Waals surface area (Å²) in [7, 11) is 0. The van der Waals surface area contributed by atoms with E-state index in [9.17, 15) is 4.79 Å². The smallest absolute Gasteiger partial charge is 0.312 e. The molecular formula is C22H46O2. The Morgan fingerprint density at radius 2 is 1.33 bits per heavy atom. The summed E-state index contributed by atoms with van der Waals surface area (Å²) in [5.74, 6) is 1.21. The summed E-state index contributed by atoms with van der Waals surface area (Å²) in [6, 6.07) is 0. The first-order chi connectivity index (χ1) is 11.0. The number of esters is 1. The zero-order valence-corrected chi connectivity index (χ0v) is 18.6. The first-order valence-electron chi connectivity index (χ1n) is 10.2. The second kappa shape index (κ2) is 11.9. The largest absolute Gasteiger partial charge is 0.459 e. The molecule has 0 aliphatic carbocycles. The van der Waals surface area contributed by atoms with Gasteiger partial charge < -0.3 is 4.74 Å². The fourth-order valence-corrected chi connectivity index (χ4v) is 3.38. The molecule has 0 N–H and O–H groups in total. The molecule has 0 rings (SSSR count). The van der Waals surface area contributed by atoms with Gasteiger partial charge in [-0.2, -0.15) is 0 Å². The molecule has 0 radical (unpaired) electrons. The van der Waals surface area contributed by atoms with Crippen molar-refractivity contribution < 1.29 is 9.53 Å². The van der Waals surface area contributed by atoms with Gasteiger partial charge in [-0.15, -0.1) is 0 Å². The van der Waals surface area contributed by atoms with Crippen LogP contribution in [0.15, 0.2) is 0 Å². The Balaban J connectivity index is 0. The molecule has 0 aromatic carbocycles. The highest BCUT2D eigenvalue weighted by Crippen LogP contribution is 2.39. The van der Waals surface area contributed by atoms with Crippen molar-refractivity contribution >= 4 is 5.97 Å². The normalized spacial score (nSPS) is 14.4. The number of hydrogen-bond donors (Lipinski definition) is 0. The number of carbonyl (C=O) groups excluding carboxylic acids is 1. The van der Waals surface area contributed by atoms with Crippen LogP contribution >= 0.6 is 0 Å². The summed E-state index contributed by atoms with van der Waals surface area (Å²) in [5.41, 5.74) is -0.773. The van der Waals surface area contributed by atoms with Crippen LogP contribution in [0.3, 0.4) is 0 Å².